The predicted octanol–water partition coefficient (Wildman–Crippen LogP) is 10.00. The third kappa shape index (κ3) is 34.6. The Morgan fingerprint density at radius 2 is 0.711 bits per heavy atom. The Bertz CT molecular complexity index is 1780. The molecule has 0 bridgehead atoms. The first-order chi connectivity index (χ1) is 43.8. The molecule has 19 nitrogen and oxygen atoms in total. The molecule has 0 aromatic heterocycles. The minimum Gasteiger partial charge on any atom is -0.394 e. The van der Waals surface area contributed by atoms with Gasteiger partial charge in [-0.1, -0.05) is 249 Å². The summed E-state index contributed by atoms with van der Waals surface area (Å²) in [4.78, 5) is 13.4. The molecule has 3 heterocycles. The maximum atomic E-state index is 13.4. The smallest absolute Gasteiger partial charge is 0.220 e. The van der Waals surface area contributed by atoms with Crippen LogP contribution in [0.2, 0.25) is 0 Å². The average molecular weight is 1290 g/mol. The van der Waals surface area contributed by atoms with Crippen molar-refractivity contribution >= 4 is 5.91 Å². The van der Waals surface area contributed by atoms with Gasteiger partial charge in [-0.2, -0.15) is 0 Å². The van der Waals surface area contributed by atoms with E-state index in [4.69, 9.17) is 28.4 Å². The Labute approximate surface area is 542 Å². The minimum absolute atomic E-state index is 0.234. The number of ether oxygens (including phenoxy) is 6. The highest BCUT2D eigenvalue weighted by molar-refractivity contribution is 5.76. The normalized spacial score (nSPS) is 28.2. The van der Waals surface area contributed by atoms with Crippen molar-refractivity contribution in [2.24, 2.45) is 0 Å². The summed E-state index contributed by atoms with van der Waals surface area (Å²) in [5.74, 6) is -0.285. The van der Waals surface area contributed by atoms with E-state index in [-0.39, 0.29) is 18.9 Å². The van der Waals surface area contributed by atoms with E-state index >= 15 is 0 Å². The van der Waals surface area contributed by atoms with Gasteiger partial charge in [0.15, 0.2) is 18.9 Å². The van der Waals surface area contributed by atoms with Crippen LogP contribution in [0.15, 0.2) is 36.5 Å². The van der Waals surface area contributed by atoms with Gasteiger partial charge in [0.05, 0.1) is 38.6 Å². The Morgan fingerprint density at radius 3 is 1.11 bits per heavy atom. The van der Waals surface area contributed by atoms with Gasteiger partial charge in [-0.15, -0.1) is 0 Å². The molecular weight excluding hydrogens is 1150 g/mol. The standard InChI is InChI=1S/C71H131NO18/c1-3-5-7-9-11-13-15-17-19-21-23-25-26-27-29-30-32-34-36-38-40-42-44-46-48-55(76)54(72-59(77)49-47-45-43-41-39-37-35-33-31-28-24-22-20-18-16-14-12-10-8-6-4-2)53-85-69-65(83)62(80)67(57(51-74)87-69)90-71-66(84)63(81)68(58(52-75)88-71)89-70-64(82)61(79)60(78)56(50-73)86-70/h22,24,38,40,46,48,54-58,60-71,73-76,78-84H,3-21,23,25-37,39,41-45,47,49-53H2,1-2H3,(H,72,77)/b24-22-,40-38+,48-46+. The van der Waals surface area contributed by atoms with E-state index in [2.05, 4.69) is 43.5 Å². The summed E-state index contributed by atoms with van der Waals surface area (Å²) in [6.07, 6.45) is 35.5. The van der Waals surface area contributed by atoms with Gasteiger partial charge in [0.25, 0.3) is 0 Å². The molecule has 17 atom stereocenters. The van der Waals surface area contributed by atoms with Crippen LogP contribution in [0.3, 0.4) is 0 Å². The number of nitrogens with one attached hydrogen (secondary N) is 1. The SMILES string of the molecule is CCCCCCCCCC/C=C\CCCCCCCCCCCC(=O)NC(COC1OC(CO)C(OC2OC(CO)C(OC3OC(CO)C(O)C(O)C3O)C(O)C2O)C(O)C1O)C(O)/C=C/CC/C=C/CCCCCCCCCCCCCCCCCCCC. The monoisotopic (exact) mass is 1290 g/mol. The van der Waals surface area contributed by atoms with Gasteiger partial charge in [-0.25, -0.2) is 0 Å². The van der Waals surface area contributed by atoms with Crippen LogP contribution in [0.1, 0.15) is 277 Å². The first-order valence-electron chi connectivity index (χ1n) is 36.2. The lowest BCUT2D eigenvalue weighted by atomic mass is 9.96. The van der Waals surface area contributed by atoms with E-state index in [0.717, 1.165) is 51.4 Å². The van der Waals surface area contributed by atoms with Crippen molar-refractivity contribution in [2.75, 3.05) is 26.4 Å². The number of allylic oxidation sites excluding steroid dienone is 5. The summed E-state index contributed by atoms with van der Waals surface area (Å²) >= 11 is 0. The number of aliphatic hydroxyl groups excluding tert-OH is 11. The van der Waals surface area contributed by atoms with Crippen LogP contribution in [0.25, 0.3) is 0 Å². The number of carbonyl (C=O) groups is 1. The average Bonchev–Trinajstić information content (AvgIpc) is 0.853. The van der Waals surface area contributed by atoms with Gasteiger partial charge < -0.3 is 89.9 Å². The van der Waals surface area contributed by atoms with E-state index in [1.54, 1.807) is 6.08 Å². The van der Waals surface area contributed by atoms with Crippen molar-refractivity contribution < 1.29 is 89.4 Å². The molecule has 3 saturated heterocycles. The number of rotatable bonds is 56. The van der Waals surface area contributed by atoms with E-state index in [1.165, 1.54) is 193 Å². The fraction of sp³-hybridized carbons (Fsp3) is 0.901. The number of carbonyl (C=O) groups excluding carboxylic acids is 1. The zero-order valence-electron chi connectivity index (χ0n) is 55.9. The Kier molecular flexibility index (Phi) is 48.6. The van der Waals surface area contributed by atoms with Crippen molar-refractivity contribution in [1.82, 2.24) is 5.32 Å². The third-order valence-electron chi connectivity index (χ3n) is 18.2. The molecule has 90 heavy (non-hydrogen) atoms. The fourth-order valence-electron chi connectivity index (χ4n) is 12.3. The highest BCUT2D eigenvalue weighted by atomic mass is 16.8. The molecule has 3 aliphatic heterocycles. The summed E-state index contributed by atoms with van der Waals surface area (Å²) in [7, 11) is 0. The topological polar surface area (TPSA) is 307 Å². The summed E-state index contributed by atoms with van der Waals surface area (Å²) in [6.45, 7) is 1.74. The molecule has 0 spiro atoms. The first kappa shape index (κ1) is 82.2. The van der Waals surface area contributed by atoms with Crippen molar-refractivity contribution in [3.8, 4) is 0 Å². The van der Waals surface area contributed by atoms with Gasteiger partial charge in [-0.3, -0.25) is 4.79 Å². The molecule has 1 amide bonds. The molecule has 12 N–H and O–H groups in total. The second-order valence-electron chi connectivity index (χ2n) is 26.0. The zero-order valence-corrected chi connectivity index (χ0v) is 55.9. The Morgan fingerprint density at radius 1 is 0.389 bits per heavy atom. The number of hydrogen-bond donors (Lipinski definition) is 12. The molecule has 3 fully saturated rings. The lowest BCUT2D eigenvalue weighted by Crippen LogP contribution is -2.66. The van der Waals surface area contributed by atoms with Crippen molar-refractivity contribution in [3.63, 3.8) is 0 Å². The van der Waals surface area contributed by atoms with Gasteiger partial charge in [0.1, 0.15) is 73.2 Å². The minimum atomic E-state index is -1.98. The third-order valence-corrected chi connectivity index (χ3v) is 18.2. The van der Waals surface area contributed by atoms with Crippen LogP contribution >= 0.6 is 0 Å². The molecule has 0 radical (unpaired) electrons. The van der Waals surface area contributed by atoms with Gasteiger partial charge in [0.2, 0.25) is 5.91 Å². The molecule has 19 heteroatoms. The lowest BCUT2D eigenvalue weighted by molar-refractivity contribution is -0.379. The quantitative estimate of drug-likeness (QED) is 0.0199. The molecule has 0 saturated carbocycles. The summed E-state index contributed by atoms with van der Waals surface area (Å²) in [5, 5.41) is 121. The number of hydrogen-bond acceptors (Lipinski definition) is 18. The molecular formula is C71H131NO18. The van der Waals surface area contributed by atoms with E-state index in [0.29, 0.717) is 12.8 Å². The van der Waals surface area contributed by atoms with Crippen LogP contribution in [0.4, 0.5) is 0 Å². The molecule has 0 aromatic carbocycles. The second-order valence-corrected chi connectivity index (χ2v) is 26.0. The number of aliphatic hydroxyl groups is 11. The predicted molar refractivity (Wildman–Crippen MR) is 351 cm³/mol. The van der Waals surface area contributed by atoms with Gasteiger partial charge in [0, 0.05) is 6.42 Å². The molecule has 528 valence electrons. The van der Waals surface area contributed by atoms with E-state index in [9.17, 15) is 61.0 Å². The highest BCUT2D eigenvalue weighted by Crippen LogP contribution is 2.33. The largest absolute Gasteiger partial charge is 0.394 e. The van der Waals surface area contributed by atoms with Crippen LogP contribution in [0, 0.1) is 0 Å². The van der Waals surface area contributed by atoms with Crippen LogP contribution in [-0.2, 0) is 33.2 Å². The summed E-state index contributed by atoms with van der Waals surface area (Å²) in [5.41, 5.74) is 0. The van der Waals surface area contributed by atoms with Crippen LogP contribution < -0.4 is 5.32 Å². The van der Waals surface area contributed by atoms with Crippen molar-refractivity contribution in [1.29, 1.82) is 0 Å². The molecule has 0 aliphatic carbocycles. The molecule has 3 aliphatic rings. The zero-order chi connectivity index (χ0) is 65.4. The Balaban J connectivity index is 1.44. The second kappa shape index (κ2) is 53.2. The number of amides is 1. The van der Waals surface area contributed by atoms with Crippen molar-refractivity contribution in [2.45, 2.75) is 381 Å². The summed E-state index contributed by atoms with van der Waals surface area (Å²) < 4.78 is 34.4. The molecule has 17 unspecified atom stereocenters. The van der Waals surface area contributed by atoms with E-state index < -0.39 is 124 Å². The fourth-order valence-corrected chi connectivity index (χ4v) is 12.3. The number of unbranched alkanes of at least 4 members (excludes halogenated alkanes) is 36. The molecule has 3 rings (SSSR count). The van der Waals surface area contributed by atoms with Crippen molar-refractivity contribution in [3.05, 3.63) is 36.5 Å². The highest BCUT2D eigenvalue weighted by Gasteiger charge is 2.53. The summed E-state index contributed by atoms with van der Waals surface area (Å²) in [6, 6.07) is -0.991. The first-order valence-corrected chi connectivity index (χ1v) is 36.2. The van der Waals surface area contributed by atoms with Crippen LogP contribution in [0.5, 0.6) is 0 Å². The van der Waals surface area contributed by atoms with Crippen LogP contribution in [-0.4, -0.2) is 193 Å². The van der Waals surface area contributed by atoms with Gasteiger partial charge >= 0.3 is 0 Å². The van der Waals surface area contributed by atoms with E-state index in [1.807, 2.05) is 6.08 Å². The maximum absolute atomic E-state index is 13.4. The Hall–Kier alpha value is -1.99. The van der Waals surface area contributed by atoms with Gasteiger partial charge in [-0.05, 0) is 57.8 Å². The lowest BCUT2D eigenvalue weighted by Gasteiger charge is -2.48. The molecule has 0 aromatic rings. The maximum Gasteiger partial charge on any atom is 0.220 e.